The highest BCUT2D eigenvalue weighted by Crippen LogP contribution is 2.18. The molecule has 5 heteroatoms. The number of hydrogen-bond acceptors (Lipinski definition) is 3. The maximum absolute atomic E-state index is 11.8. The van der Waals surface area contributed by atoms with Gasteiger partial charge in [-0.05, 0) is 31.5 Å². The number of halogens is 1. The van der Waals surface area contributed by atoms with E-state index in [4.69, 9.17) is 16.4 Å². The maximum atomic E-state index is 11.8. The van der Waals surface area contributed by atoms with Crippen LogP contribution in [-0.4, -0.2) is 23.8 Å². The predicted molar refractivity (Wildman–Crippen MR) is 70.8 cm³/mol. The highest BCUT2D eigenvalue weighted by Gasteiger charge is 2.28. The van der Waals surface area contributed by atoms with E-state index >= 15 is 0 Å². The minimum absolute atomic E-state index is 0.0979. The molecule has 1 atom stereocenters. The zero-order chi connectivity index (χ0) is 13.1. The first kappa shape index (κ1) is 12.9. The van der Waals surface area contributed by atoms with Crippen LogP contribution in [0.4, 0.5) is 0 Å². The summed E-state index contributed by atoms with van der Waals surface area (Å²) in [6, 6.07) is 7.42. The molecule has 1 N–H and O–H groups in total. The molecular weight excluding hydrogens is 252 g/mol. The molecule has 1 aliphatic rings. The van der Waals surface area contributed by atoms with Gasteiger partial charge in [0.1, 0.15) is 0 Å². The molecule has 0 spiro atoms. The zero-order valence-corrected chi connectivity index (χ0v) is 11.1. The van der Waals surface area contributed by atoms with Crippen molar-refractivity contribution in [2.24, 2.45) is 5.16 Å². The summed E-state index contributed by atoms with van der Waals surface area (Å²) in [6.07, 6.45) is -0.0433. The second-order valence-electron chi connectivity index (χ2n) is 4.51. The first-order valence-corrected chi connectivity index (χ1v) is 6.23. The summed E-state index contributed by atoms with van der Waals surface area (Å²) < 4.78 is 0. The fourth-order valence-electron chi connectivity index (χ4n) is 1.71. The molecular formula is C13H15ClN2O2. The van der Waals surface area contributed by atoms with Crippen molar-refractivity contribution in [1.82, 2.24) is 5.32 Å². The molecule has 2 rings (SSSR count). The van der Waals surface area contributed by atoms with Crippen molar-refractivity contribution >= 4 is 23.2 Å². The average Bonchev–Trinajstić information content (AvgIpc) is 2.78. The van der Waals surface area contributed by atoms with E-state index in [0.717, 1.165) is 11.3 Å². The van der Waals surface area contributed by atoms with Crippen molar-refractivity contribution in [2.45, 2.75) is 32.4 Å². The molecule has 96 valence electrons. The Kier molecular flexibility index (Phi) is 3.87. The molecule has 1 amide bonds. The van der Waals surface area contributed by atoms with Gasteiger partial charge in [0.2, 0.25) is 6.10 Å². The molecule has 1 aromatic rings. The SMILES string of the molecule is CC(C)NC(=O)[C@@H]1CC(c2ccc(Cl)cc2)=NO1. The van der Waals surface area contributed by atoms with Crippen LogP contribution >= 0.6 is 11.6 Å². The van der Waals surface area contributed by atoms with E-state index in [1.807, 2.05) is 26.0 Å². The number of carbonyl (C=O) groups is 1. The summed E-state index contributed by atoms with van der Waals surface area (Å²) in [6.45, 7) is 3.82. The Morgan fingerprint density at radius 1 is 1.44 bits per heavy atom. The monoisotopic (exact) mass is 266 g/mol. The van der Waals surface area contributed by atoms with Crippen molar-refractivity contribution in [1.29, 1.82) is 0 Å². The Morgan fingerprint density at radius 2 is 2.11 bits per heavy atom. The largest absolute Gasteiger partial charge is 0.382 e. The molecule has 4 nitrogen and oxygen atoms in total. The minimum Gasteiger partial charge on any atom is -0.382 e. The predicted octanol–water partition coefficient (Wildman–Crippen LogP) is 2.36. The highest BCUT2D eigenvalue weighted by molar-refractivity contribution is 6.30. The van der Waals surface area contributed by atoms with Crippen molar-refractivity contribution < 1.29 is 9.63 Å². The molecule has 1 aliphatic heterocycles. The standard InChI is InChI=1S/C13H15ClN2O2/c1-8(2)15-13(17)12-7-11(16-18-12)9-3-5-10(14)6-4-9/h3-6,8,12H,7H2,1-2H3,(H,15,17)/t12-/m0/s1. The first-order valence-electron chi connectivity index (χ1n) is 5.85. The number of nitrogens with zero attached hydrogens (tertiary/aromatic N) is 1. The molecule has 0 bridgehead atoms. The number of amides is 1. The average molecular weight is 267 g/mol. The third-order valence-corrected chi connectivity index (χ3v) is 2.82. The van der Waals surface area contributed by atoms with Gasteiger partial charge in [0, 0.05) is 17.5 Å². The maximum Gasteiger partial charge on any atom is 0.264 e. The van der Waals surface area contributed by atoms with Gasteiger partial charge < -0.3 is 10.2 Å². The van der Waals surface area contributed by atoms with Gasteiger partial charge >= 0.3 is 0 Å². The van der Waals surface area contributed by atoms with Crippen LogP contribution in [0.1, 0.15) is 25.8 Å². The lowest BCUT2D eigenvalue weighted by Gasteiger charge is -2.11. The molecule has 0 radical (unpaired) electrons. The molecule has 0 saturated carbocycles. The van der Waals surface area contributed by atoms with Crippen molar-refractivity contribution in [3.05, 3.63) is 34.9 Å². The fourth-order valence-corrected chi connectivity index (χ4v) is 1.83. The summed E-state index contributed by atoms with van der Waals surface area (Å²) in [5.41, 5.74) is 1.70. The second-order valence-corrected chi connectivity index (χ2v) is 4.94. The number of rotatable bonds is 3. The molecule has 1 aromatic carbocycles. The lowest BCUT2D eigenvalue weighted by atomic mass is 10.0. The topological polar surface area (TPSA) is 50.7 Å². The minimum atomic E-state index is -0.530. The molecule has 0 aromatic heterocycles. The number of oxime groups is 1. The zero-order valence-electron chi connectivity index (χ0n) is 10.3. The number of benzene rings is 1. The fraction of sp³-hybridized carbons (Fsp3) is 0.385. The smallest absolute Gasteiger partial charge is 0.264 e. The Bertz CT molecular complexity index is 468. The van der Waals surface area contributed by atoms with Crippen molar-refractivity contribution in [2.75, 3.05) is 0 Å². The Balaban J connectivity index is 1.99. The van der Waals surface area contributed by atoms with Gasteiger partial charge in [-0.15, -0.1) is 0 Å². The van der Waals surface area contributed by atoms with Gasteiger partial charge in [-0.3, -0.25) is 4.79 Å². The van der Waals surface area contributed by atoms with Gasteiger partial charge in [-0.25, -0.2) is 0 Å². The van der Waals surface area contributed by atoms with Crippen LogP contribution in [0.2, 0.25) is 5.02 Å². The summed E-state index contributed by atoms with van der Waals surface area (Å²) in [4.78, 5) is 16.9. The van der Waals surface area contributed by atoms with Gasteiger partial charge in [0.15, 0.2) is 0 Å². The normalized spacial score (nSPS) is 18.4. The van der Waals surface area contributed by atoms with E-state index in [1.54, 1.807) is 12.1 Å². The van der Waals surface area contributed by atoms with Gasteiger partial charge in [0.25, 0.3) is 5.91 Å². The van der Waals surface area contributed by atoms with Gasteiger partial charge in [-0.2, -0.15) is 0 Å². The second kappa shape index (κ2) is 5.40. The first-order chi connectivity index (χ1) is 8.56. The Morgan fingerprint density at radius 3 is 2.72 bits per heavy atom. The molecule has 0 saturated heterocycles. The lowest BCUT2D eigenvalue weighted by Crippen LogP contribution is -2.38. The number of carbonyl (C=O) groups excluding carboxylic acids is 1. The van der Waals surface area contributed by atoms with E-state index in [2.05, 4.69) is 10.5 Å². The summed E-state index contributed by atoms with van der Waals surface area (Å²) >= 11 is 5.82. The summed E-state index contributed by atoms with van der Waals surface area (Å²) in [7, 11) is 0. The molecule has 0 unspecified atom stereocenters. The molecule has 0 aliphatic carbocycles. The molecule has 1 heterocycles. The van der Waals surface area contributed by atoms with Crippen molar-refractivity contribution in [3.8, 4) is 0 Å². The van der Waals surface area contributed by atoms with Crippen LogP contribution in [0, 0.1) is 0 Å². The van der Waals surface area contributed by atoms with Crippen LogP contribution in [0.3, 0.4) is 0 Å². The van der Waals surface area contributed by atoms with E-state index in [9.17, 15) is 4.79 Å². The van der Waals surface area contributed by atoms with Gasteiger partial charge in [0.05, 0.1) is 5.71 Å². The number of nitrogens with one attached hydrogen (secondary N) is 1. The van der Waals surface area contributed by atoms with E-state index < -0.39 is 6.10 Å². The highest BCUT2D eigenvalue weighted by atomic mass is 35.5. The summed E-state index contributed by atoms with van der Waals surface area (Å²) in [5, 5.41) is 7.44. The molecule has 18 heavy (non-hydrogen) atoms. The van der Waals surface area contributed by atoms with Crippen LogP contribution in [0.25, 0.3) is 0 Å². The van der Waals surface area contributed by atoms with Crippen LogP contribution < -0.4 is 5.32 Å². The summed E-state index contributed by atoms with van der Waals surface area (Å²) in [5.74, 6) is -0.127. The Labute approximate surface area is 111 Å². The number of hydrogen-bond donors (Lipinski definition) is 1. The van der Waals surface area contributed by atoms with Crippen LogP contribution in [0.5, 0.6) is 0 Å². The quantitative estimate of drug-likeness (QED) is 0.913. The van der Waals surface area contributed by atoms with Crippen molar-refractivity contribution in [3.63, 3.8) is 0 Å². The Hall–Kier alpha value is -1.55. The lowest BCUT2D eigenvalue weighted by molar-refractivity contribution is -0.131. The van der Waals surface area contributed by atoms with E-state index in [1.165, 1.54) is 0 Å². The van der Waals surface area contributed by atoms with Crippen LogP contribution in [-0.2, 0) is 9.63 Å². The van der Waals surface area contributed by atoms with Crippen LogP contribution in [0.15, 0.2) is 29.4 Å². The van der Waals surface area contributed by atoms with E-state index in [-0.39, 0.29) is 11.9 Å². The molecule has 0 fully saturated rings. The third-order valence-electron chi connectivity index (χ3n) is 2.57. The third kappa shape index (κ3) is 3.01. The van der Waals surface area contributed by atoms with Gasteiger partial charge in [-0.1, -0.05) is 28.9 Å². The van der Waals surface area contributed by atoms with E-state index in [0.29, 0.717) is 11.4 Å².